The smallest absolute Gasteiger partial charge is 0.187 e. The van der Waals surface area contributed by atoms with Gasteiger partial charge in [0.15, 0.2) is 9.84 Å². The molecule has 1 aromatic rings. The molecule has 0 aliphatic carbocycles. The molecule has 1 heterocycles. The van der Waals surface area contributed by atoms with E-state index in [9.17, 15) is 12.8 Å². The number of alkyl halides is 1. The van der Waals surface area contributed by atoms with Gasteiger partial charge in [0.1, 0.15) is 6.67 Å². The van der Waals surface area contributed by atoms with Crippen molar-refractivity contribution in [2.45, 2.75) is 30.2 Å². The number of hydrogen-bond acceptors (Lipinski definition) is 3. The number of nitrogens with one attached hydrogen (secondary N) is 1. The highest BCUT2D eigenvalue weighted by molar-refractivity contribution is 7.93. The van der Waals surface area contributed by atoms with Crippen molar-refractivity contribution in [2.75, 3.05) is 11.9 Å². The van der Waals surface area contributed by atoms with E-state index in [0.29, 0.717) is 12.2 Å². The van der Waals surface area contributed by atoms with Gasteiger partial charge in [0, 0.05) is 12.1 Å². The Hall–Kier alpha value is -1.10. The van der Waals surface area contributed by atoms with Crippen LogP contribution < -0.4 is 5.32 Å². The van der Waals surface area contributed by atoms with Crippen LogP contribution in [0.3, 0.4) is 0 Å². The van der Waals surface area contributed by atoms with E-state index in [1.54, 1.807) is 26.0 Å². The highest BCUT2D eigenvalue weighted by atomic mass is 32.2. The molecular weight excluding hydrogens is 229 g/mol. The van der Waals surface area contributed by atoms with E-state index >= 15 is 0 Å². The molecule has 0 fully saturated rings. The van der Waals surface area contributed by atoms with Gasteiger partial charge in [-0.05, 0) is 19.9 Å². The first-order valence-electron chi connectivity index (χ1n) is 5.06. The Balaban J connectivity index is 2.76. The van der Waals surface area contributed by atoms with E-state index in [2.05, 4.69) is 5.32 Å². The van der Waals surface area contributed by atoms with Gasteiger partial charge in [-0.15, -0.1) is 0 Å². The van der Waals surface area contributed by atoms with Crippen LogP contribution in [0.1, 0.15) is 19.4 Å². The molecular formula is C11H14FNO2S. The minimum atomic E-state index is -3.47. The Morgan fingerprint density at radius 2 is 2.12 bits per heavy atom. The van der Waals surface area contributed by atoms with E-state index in [1.165, 1.54) is 6.07 Å². The highest BCUT2D eigenvalue weighted by Gasteiger charge is 2.41. The minimum absolute atomic E-state index is 0.119. The first-order valence-corrected chi connectivity index (χ1v) is 6.55. The van der Waals surface area contributed by atoms with Crippen LogP contribution in [0.4, 0.5) is 10.1 Å². The lowest BCUT2D eigenvalue weighted by molar-refractivity contribution is 0.475. The maximum absolute atomic E-state index is 12.8. The second kappa shape index (κ2) is 3.45. The fourth-order valence-corrected chi connectivity index (χ4v) is 3.54. The molecule has 0 saturated carbocycles. The van der Waals surface area contributed by atoms with Crippen molar-refractivity contribution in [1.29, 1.82) is 0 Å². The Morgan fingerprint density at radius 3 is 2.75 bits per heavy atom. The molecule has 16 heavy (non-hydrogen) atoms. The Labute approximate surface area is 94.6 Å². The highest BCUT2D eigenvalue weighted by Crippen LogP contribution is 2.37. The van der Waals surface area contributed by atoms with E-state index in [1.807, 2.05) is 0 Å². The van der Waals surface area contributed by atoms with Crippen molar-refractivity contribution < 1.29 is 12.8 Å². The molecule has 0 unspecified atom stereocenters. The van der Waals surface area contributed by atoms with Crippen LogP contribution >= 0.6 is 0 Å². The molecule has 1 aliphatic rings. The zero-order valence-electron chi connectivity index (χ0n) is 9.25. The van der Waals surface area contributed by atoms with Crippen molar-refractivity contribution >= 4 is 15.5 Å². The number of hydrogen-bond donors (Lipinski definition) is 1. The molecule has 88 valence electrons. The molecule has 2 rings (SSSR count). The van der Waals surface area contributed by atoms with Gasteiger partial charge >= 0.3 is 0 Å². The summed E-state index contributed by atoms with van der Waals surface area (Å²) in [4.78, 5) is 0.119. The average Bonchev–Trinajstić information content (AvgIpc) is 2.23. The lowest BCUT2D eigenvalue weighted by Gasteiger charge is -2.33. The molecule has 0 amide bonds. The van der Waals surface area contributed by atoms with E-state index in [4.69, 9.17) is 0 Å². The maximum atomic E-state index is 12.8. The van der Waals surface area contributed by atoms with Gasteiger partial charge < -0.3 is 5.32 Å². The molecule has 0 bridgehead atoms. The predicted octanol–water partition coefficient (Wildman–Crippen LogP) is 2.13. The van der Waals surface area contributed by atoms with Gasteiger partial charge in [-0.3, -0.25) is 0 Å². The number of fused-ring (bicyclic) bond motifs is 1. The molecule has 3 nitrogen and oxygen atoms in total. The first-order chi connectivity index (χ1) is 7.40. The molecule has 0 spiro atoms. The second-order valence-corrected chi connectivity index (χ2v) is 7.06. The Morgan fingerprint density at radius 1 is 1.44 bits per heavy atom. The van der Waals surface area contributed by atoms with Crippen LogP contribution in [0, 0.1) is 0 Å². The SMILES string of the molecule is CC1(C)CNc2cccc(CF)c2S1(=O)=O. The third kappa shape index (κ3) is 1.42. The fraction of sp³-hybridized carbons (Fsp3) is 0.455. The van der Waals surface area contributed by atoms with Gasteiger partial charge in [0.05, 0.1) is 15.3 Å². The fourth-order valence-electron chi connectivity index (χ4n) is 1.83. The summed E-state index contributed by atoms with van der Waals surface area (Å²) >= 11 is 0. The zero-order valence-corrected chi connectivity index (χ0v) is 10.1. The Bertz CT molecular complexity index is 509. The maximum Gasteiger partial charge on any atom is 0.187 e. The van der Waals surface area contributed by atoms with Crippen LogP contribution in [0.5, 0.6) is 0 Å². The molecule has 0 atom stereocenters. The minimum Gasteiger partial charge on any atom is -0.382 e. The van der Waals surface area contributed by atoms with Crippen molar-refractivity contribution in [3.8, 4) is 0 Å². The Kier molecular flexibility index (Phi) is 2.45. The second-order valence-electron chi connectivity index (χ2n) is 4.54. The molecule has 1 aromatic carbocycles. The van der Waals surface area contributed by atoms with Gasteiger partial charge in [-0.1, -0.05) is 12.1 Å². The van der Waals surface area contributed by atoms with Crippen LogP contribution in [-0.4, -0.2) is 19.7 Å². The molecule has 0 aromatic heterocycles. The zero-order chi connectivity index (χ0) is 12.0. The topological polar surface area (TPSA) is 46.2 Å². The van der Waals surface area contributed by atoms with Crippen LogP contribution in [0.2, 0.25) is 0 Å². The summed E-state index contributed by atoms with van der Waals surface area (Å²) in [6.45, 7) is 2.87. The van der Waals surface area contributed by atoms with Crippen LogP contribution in [0.25, 0.3) is 0 Å². The first kappa shape index (κ1) is 11.4. The number of halogens is 1. The summed E-state index contributed by atoms with van der Waals surface area (Å²) in [6.07, 6.45) is 0. The summed E-state index contributed by atoms with van der Waals surface area (Å²) in [6, 6.07) is 4.84. The van der Waals surface area contributed by atoms with Gasteiger partial charge in [-0.25, -0.2) is 12.8 Å². The number of sulfone groups is 1. The monoisotopic (exact) mass is 243 g/mol. The molecule has 1 aliphatic heterocycles. The third-order valence-electron chi connectivity index (χ3n) is 2.94. The van der Waals surface area contributed by atoms with Crippen molar-refractivity contribution in [3.63, 3.8) is 0 Å². The number of benzene rings is 1. The quantitative estimate of drug-likeness (QED) is 0.822. The normalized spacial score (nSPS) is 20.9. The standard InChI is InChI=1S/C11H14FNO2S/c1-11(2)7-13-9-5-3-4-8(6-12)10(9)16(11,14)15/h3-5,13H,6-7H2,1-2H3. The largest absolute Gasteiger partial charge is 0.382 e. The number of anilines is 1. The lowest BCUT2D eigenvalue weighted by Crippen LogP contribution is -2.43. The van der Waals surface area contributed by atoms with Crippen LogP contribution in [-0.2, 0) is 16.5 Å². The van der Waals surface area contributed by atoms with E-state index < -0.39 is 21.3 Å². The molecule has 5 heteroatoms. The third-order valence-corrected chi connectivity index (χ3v) is 5.56. The van der Waals surface area contributed by atoms with Gasteiger partial charge in [0.25, 0.3) is 0 Å². The summed E-state index contributed by atoms with van der Waals surface area (Å²) in [5, 5.41) is 3.04. The molecule has 0 radical (unpaired) electrons. The predicted molar refractivity (Wildman–Crippen MR) is 61.0 cm³/mol. The van der Waals surface area contributed by atoms with Crippen molar-refractivity contribution in [1.82, 2.24) is 0 Å². The molecule has 0 saturated heterocycles. The number of rotatable bonds is 1. The van der Waals surface area contributed by atoms with Crippen molar-refractivity contribution in [2.24, 2.45) is 0 Å². The van der Waals surface area contributed by atoms with E-state index in [-0.39, 0.29) is 10.5 Å². The summed E-state index contributed by atoms with van der Waals surface area (Å²) < 4.78 is 36.5. The van der Waals surface area contributed by atoms with Gasteiger partial charge in [0.2, 0.25) is 0 Å². The van der Waals surface area contributed by atoms with E-state index in [0.717, 1.165) is 0 Å². The van der Waals surface area contributed by atoms with Crippen molar-refractivity contribution in [3.05, 3.63) is 23.8 Å². The van der Waals surface area contributed by atoms with Crippen LogP contribution in [0.15, 0.2) is 23.1 Å². The summed E-state index contributed by atoms with van der Waals surface area (Å²) in [5.74, 6) is 0. The van der Waals surface area contributed by atoms with Gasteiger partial charge in [-0.2, -0.15) is 0 Å². The molecule has 1 N–H and O–H groups in total. The lowest BCUT2D eigenvalue weighted by atomic mass is 10.1. The summed E-state index contributed by atoms with van der Waals surface area (Å²) in [7, 11) is -3.47. The summed E-state index contributed by atoms with van der Waals surface area (Å²) in [5.41, 5.74) is 0.743. The average molecular weight is 243 g/mol.